The van der Waals surface area contributed by atoms with Crippen LogP contribution >= 0.6 is 0 Å². The van der Waals surface area contributed by atoms with Gasteiger partial charge in [-0.25, -0.2) is 0 Å². The predicted octanol–water partition coefficient (Wildman–Crippen LogP) is 1.29. The molecule has 1 aromatic carbocycles. The number of hydrogen-bond donors (Lipinski definition) is 1. The highest BCUT2D eigenvalue weighted by atomic mass is 16.6. The average Bonchev–Trinajstić information content (AvgIpc) is 2.54. The van der Waals surface area contributed by atoms with Crippen LogP contribution in [-0.2, 0) is 0 Å². The van der Waals surface area contributed by atoms with Crippen LogP contribution in [0.5, 0.6) is 11.5 Å². The average molecular weight is 300 g/mol. The maximum absolute atomic E-state index is 12.3. The number of aromatic amines is 1. The molecule has 6 heteroatoms. The number of carbonyl (C=O) groups excluding carboxylic acids is 1. The van der Waals surface area contributed by atoms with Crippen molar-refractivity contribution in [1.29, 1.82) is 0 Å². The SMILES string of the molecule is CN(C[C@@H]1COc2ccccc2O1)C(=O)c1ccc[nH]c1=O. The molecule has 0 bridgehead atoms. The summed E-state index contributed by atoms with van der Waals surface area (Å²) in [6.45, 7) is 0.696. The molecule has 2 aromatic rings. The fraction of sp³-hybridized carbons (Fsp3) is 0.250. The summed E-state index contributed by atoms with van der Waals surface area (Å²) in [7, 11) is 1.64. The van der Waals surface area contributed by atoms with Gasteiger partial charge in [0.25, 0.3) is 11.5 Å². The van der Waals surface area contributed by atoms with Crippen LogP contribution in [0.2, 0.25) is 0 Å². The summed E-state index contributed by atoms with van der Waals surface area (Å²) in [5, 5.41) is 0. The van der Waals surface area contributed by atoms with Crippen molar-refractivity contribution in [2.45, 2.75) is 6.10 Å². The quantitative estimate of drug-likeness (QED) is 0.927. The Morgan fingerprint density at radius 3 is 2.82 bits per heavy atom. The second kappa shape index (κ2) is 5.93. The van der Waals surface area contributed by atoms with E-state index in [-0.39, 0.29) is 17.6 Å². The van der Waals surface area contributed by atoms with Crippen LogP contribution in [0.1, 0.15) is 10.4 Å². The number of para-hydroxylation sites is 2. The number of amides is 1. The minimum absolute atomic E-state index is 0.113. The summed E-state index contributed by atoms with van der Waals surface area (Å²) >= 11 is 0. The summed E-state index contributed by atoms with van der Waals surface area (Å²) < 4.78 is 11.4. The van der Waals surface area contributed by atoms with Crippen molar-refractivity contribution >= 4 is 5.91 Å². The normalized spacial score (nSPS) is 16.1. The number of nitrogens with one attached hydrogen (secondary N) is 1. The maximum atomic E-state index is 12.3. The highest BCUT2D eigenvalue weighted by molar-refractivity contribution is 5.93. The van der Waals surface area contributed by atoms with Gasteiger partial charge in [0.05, 0.1) is 6.54 Å². The lowest BCUT2D eigenvalue weighted by Gasteiger charge is -2.29. The van der Waals surface area contributed by atoms with E-state index in [1.165, 1.54) is 17.2 Å². The number of nitrogens with zero attached hydrogens (tertiary/aromatic N) is 1. The number of hydrogen-bond acceptors (Lipinski definition) is 4. The van der Waals surface area contributed by atoms with Crippen molar-refractivity contribution < 1.29 is 14.3 Å². The molecule has 1 amide bonds. The van der Waals surface area contributed by atoms with E-state index in [1.54, 1.807) is 13.1 Å². The molecule has 1 aliphatic heterocycles. The van der Waals surface area contributed by atoms with Crippen molar-refractivity contribution in [2.75, 3.05) is 20.2 Å². The molecule has 2 heterocycles. The van der Waals surface area contributed by atoms with Crippen molar-refractivity contribution in [1.82, 2.24) is 9.88 Å². The van der Waals surface area contributed by atoms with Gasteiger partial charge in [-0.2, -0.15) is 0 Å². The second-order valence-electron chi connectivity index (χ2n) is 5.10. The van der Waals surface area contributed by atoms with Crippen molar-refractivity contribution in [3.05, 3.63) is 58.5 Å². The monoisotopic (exact) mass is 300 g/mol. The van der Waals surface area contributed by atoms with Crippen LogP contribution in [-0.4, -0.2) is 42.1 Å². The molecular formula is C16H16N2O4. The molecule has 3 rings (SSSR count). The van der Waals surface area contributed by atoms with E-state index in [4.69, 9.17) is 9.47 Å². The largest absolute Gasteiger partial charge is 0.486 e. The number of carbonyl (C=O) groups is 1. The van der Waals surface area contributed by atoms with Gasteiger partial charge in [-0.3, -0.25) is 9.59 Å². The zero-order valence-electron chi connectivity index (χ0n) is 12.1. The van der Waals surface area contributed by atoms with Gasteiger partial charge in [0, 0.05) is 13.2 Å². The topological polar surface area (TPSA) is 71.6 Å². The van der Waals surface area contributed by atoms with E-state index in [9.17, 15) is 9.59 Å². The Bertz CT molecular complexity index is 741. The van der Waals surface area contributed by atoms with Gasteiger partial charge < -0.3 is 19.4 Å². The fourth-order valence-electron chi connectivity index (χ4n) is 2.34. The first-order chi connectivity index (χ1) is 10.6. The van der Waals surface area contributed by atoms with Crippen LogP contribution in [0.4, 0.5) is 0 Å². The molecule has 1 atom stereocenters. The molecule has 6 nitrogen and oxygen atoms in total. The minimum Gasteiger partial charge on any atom is -0.486 e. The maximum Gasteiger partial charge on any atom is 0.260 e. The highest BCUT2D eigenvalue weighted by Crippen LogP contribution is 2.30. The third-order valence-corrected chi connectivity index (χ3v) is 3.44. The Morgan fingerprint density at radius 1 is 1.27 bits per heavy atom. The summed E-state index contributed by atoms with van der Waals surface area (Å²) in [6.07, 6.45) is 1.22. The fourth-order valence-corrected chi connectivity index (χ4v) is 2.34. The van der Waals surface area contributed by atoms with Gasteiger partial charge in [0.1, 0.15) is 12.2 Å². The van der Waals surface area contributed by atoms with Crippen LogP contribution in [0.3, 0.4) is 0 Å². The van der Waals surface area contributed by atoms with E-state index in [0.717, 1.165) is 0 Å². The number of fused-ring (bicyclic) bond motifs is 1. The number of H-pyrrole nitrogens is 1. The first kappa shape index (κ1) is 14.2. The van der Waals surface area contributed by atoms with Gasteiger partial charge >= 0.3 is 0 Å². The van der Waals surface area contributed by atoms with Crippen LogP contribution in [0.15, 0.2) is 47.4 Å². The number of ether oxygens (including phenoxy) is 2. The zero-order valence-corrected chi connectivity index (χ0v) is 12.1. The van der Waals surface area contributed by atoms with Gasteiger partial charge in [-0.05, 0) is 24.3 Å². The first-order valence-electron chi connectivity index (χ1n) is 6.97. The van der Waals surface area contributed by atoms with E-state index in [1.807, 2.05) is 24.3 Å². The number of likely N-dealkylation sites (N-methyl/N-ethyl adjacent to an activating group) is 1. The minimum atomic E-state index is -0.398. The number of benzene rings is 1. The van der Waals surface area contributed by atoms with Crippen LogP contribution in [0, 0.1) is 0 Å². The summed E-state index contributed by atoms with van der Waals surface area (Å²) in [4.78, 5) is 27.9. The lowest BCUT2D eigenvalue weighted by molar-refractivity contribution is 0.0520. The number of pyridine rings is 1. The number of aromatic nitrogens is 1. The summed E-state index contributed by atoms with van der Waals surface area (Å²) in [5.74, 6) is 1.02. The Morgan fingerprint density at radius 2 is 2.05 bits per heavy atom. The molecule has 1 aromatic heterocycles. The van der Waals surface area contributed by atoms with E-state index in [2.05, 4.69) is 4.98 Å². The Kier molecular flexibility index (Phi) is 3.82. The standard InChI is InChI=1S/C16H16N2O4/c1-18(16(20)12-5-4-8-17-15(12)19)9-11-10-21-13-6-2-3-7-14(13)22-11/h2-8,11H,9-10H2,1H3,(H,17,19)/t11-/m1/s1. The molecule has 22 heavy (non-hydrogen) atoms. The first-order valence-corrected chi connectivity index (χ1v) is 6.97. The number of rotatable bonds is 3. The second-order valence-corrected chi connectivity index (χ2v) is 5.10. The van der Waals surface area contributed by atoms with Crippen LogP contribution in [0.25, 0.3) is 0 Å². The molecule has 114 valence electrons. The zero-order chi connectivity index (χ0) is 15.5. The molecule has 0 radical (unpaired) electrons. The van der Waals surface area contributed by atoms with E-state index < -0.39 is 5.56 Å². The van der Waals surface area contributed by atoms with Gasteiger partial charge in [-0.15, -0.1) is 0 Å². The van der Waals surface area contributed by atoms with Crippen molar-refractivity contribution in [3.63, 3.8) is 0 Å². The molecule has 1 N–H and O–H groups in total. The summed E-state index contributed by atoms with van der Waals surface area (Å²) in [6, 6.07) is 10.5. The third-order valence-electron chi connectivity index (χ3n) is 3.44. The molecular weight excluding hydrogens is 284 g/mol. The van der Waals surface area contributed by atoms with E-state index in [0.29, 0.717) is 24.7 Å². The van der Waals surface area contributed by atoms with Gasteiger partial charge in [-0.1, -0.05) is 12.1 Å². The summed E-state index contributed by atoms with van der Waals surface area (Å²) in [5.41, 5.74) is -0.285. The smallest absolute Gasteiger partial charge is 0.260 e. The Hall–Kier alpha value is -2.76. The third kappa shape index (κ3) is 2.81. The predicted molar refractivity (Wildman–Crippen MR) is 80.4 cm³/mol. The lowest BCUT2D eigenvalue weighted by Crippen LogP contribution is -2.42. The molecule has 0 saturated carbocycles. The Labute approximate surface area is 127 Å². The Balaban J connectivity index is 1.68. The molecule has 0 saturated heterocycles. The highest BCUT2D eigenvalue weighted by Gasteiger charge is 2.24. The van der Waals surface area contributed by atoms with Gasteiger partial charge in [0.15, 0.2) is 17.6 Å². The van der Waals surface area contributed by atoms with Crippen molar-refractivity contribution in [3.8, 4) is 11.5 Å². The molecule has 1 aliphatic rings. The van der Waals surface area contributed by atoms with Crippen LogP contribution < -0.4 is 15.0 Å². The van der Waals surface area contributed by atoms with E-state index >= 15 is 0 Å². The molecule has 0 aliphatic carbocycles. The van der Waals surface area contributed by atoms with Gasteiger partial charge in [0.2, 0.25) is 0 Å². The lowest BCUT2D eigenvalue weighted by atomic mass is 10.2. The molecule has 0 spiro atoms. The molecule has 0 unspecified atom stereocenters. The van der Waals surface area contributed by atoms with Crippen molar-refractivity contribution in [2.24, 2.45) is 0 Å². The molecule has 0 fully saturated rings.